The van der Waals surface area contributed by atoms with Gasteiger partial charge in [0.15, 0.2) is 0 Å². The van der Waals surface area contributed by atoms with Gasteiger partial charge in [0, 0.05) is 49.3 Å². The standard InChI is InChI=1S/C29H32N8O3/c1-19-4-6-24(40-14-11-36-8-2-3-27(36)38)22-15-21(18-32-28(19)22)33-26-16-23(20-5-7-25(30)31-17-20)34-29(35-26)37-9-12-39-13-10-37/h4-7,15-18H,2-3,8-14H2,1H3,(H2,30,31)(H,33,34,35). The van der Waals surface area contributed by atoms with Gasteiger partial charge in [-0.3, -0.25) is 9.78 Å². The molecule has 2 saturated heterocycles. The van der Waals surface area contributed by atoms with Crippen molar-refractivity contribution in [3.8, 4) is 17.0 Å². The highest BCUT2D eigenvalue weighted by atomic mass is 16.5. The van der Waals surface area contributed by atoms with Gasteiger partial charge in [-0.05, 0) is 43.2 Å². The van der Waals surface area contributed by atoms with Crippen LogP contribution in [0.4, 0.5) is 23.3 Å². The fourth-order valence-electron chi connectivity index (χ4n) is 4.99. The molecule has 0 saturated carbocycles. The molecule has 5 heterocycles. The van der Waals surface area contributed by atoms with Crippen LogP contribution in [-0.2, 0) is 9.53 Å². The van der Waals surface area contributed by atoms with E-state index in [1.54, 1.807) is 18.5 Å². The Labute approximate surface area is 232 Å². The summed E-state index contributed by atoms with van der Waals surface area (Å²) in [6, 6.07) is 11.5. The molecular formula is C29H32N8O3. The number of ether oxygens (including phenoxy) is 2. The zero-order valence-corrected chi connectivity index (χ0v) is 22.5. The Morgan fingerprint density at radius 2 is 1.93 bits per heavy atom. The summed E-state index contributed by atoms with van der Waals surface area (Å²) in [5.74, 6) is 2.62. The quantitative estimate of drug-likeness (QED) is 0.342. The number of benzene rings is 1. The number of likely N-dealkylation sites (tertiary alicyclic amines) is 1. The van der Waals surface area contributed by atoms with E-state index in [1.165, 1.54) is 0 Å². The van der Waals surface area contributed by atoms with E-state index in [-0.39, 0.29) is 5.91 Å². The van der Waals surface area contributed by atoms with Crippen LogP contribution in [0.25, 0.3) is 22.2 Å². The van der Waals surface area contributed by atoms with Gasteiger partial charge < -0.3 is 30.3 Å². The summed E-state index contributed by atoms with van der Waals surface area (Å²) in [5.41, 5.74) is 10.1. The van der Waals surface area contributed by atoms with Crippen molar-refractivity contribution >= 4 is 40.1 Å². The molecular weight excluding hydrogens is 508 g/mol. The molecule has 206 valence electrons. The second kappa shape index (κ2) is 11.3. The lowest BCUT2D eigenvalue weighted by molar-refractivity contribution is -0.128. The summed E-state index contributed by atoms with van der Waals surface area (Å²) >= 11 is 0. The number of aryl methyl sites for hydroxylation is 1. The summed E-state index contributed by atoms with van der Waals surface area (Å²) in [5, 5.41) is 4.32. The van der Waals surface area contributed by atoms with Crippen LogP contribution >= 0.6 is 0 Å². The third-order valence-corrected chi connectivity index (χ3v) is 7.16. The van der Waals surface area contributed by atoms with Crippen LogP contribution in [0.15, 0.2) is 48.8 Å². The number of morpholine rings is 1. The highest BCUT2D eigenvalue weighted by Crippen LogP contribution is 2.31. The number of hydrogen-bond acceptors (Lipinski definition) is 10. The minimum absolute atomic E-state index is 0.195. The number of carbonyl (C=O) groups is 1. The topological polar surface area (TPSA) is 132 Å². The minimum Gasteiger partial charge on any atom is -0.491 e. The lowest BCUT2D eigenvalue weighted by Crippen LogP contribution is -2.37. The molecule has 1 amide bonds. The highest BCUT2D eigenvalue weighted by molar-refractivity contribution is 5.90. The lowest BCUT2D eigenvalue weighted by atomic mass is 10.1. The number of carbonyl (C=O) groups excluding carboxylic acids is 1. The normalized spacial score (nSPS) is 15.6. The van der Waals surface area contributed by atoms with E-state index in [1.807, 2.05) is 42.2 Å². The van der Waals surface area contributed by atoms with Gasteiger partial charge in [-0.15, -0.1) is 0 Å². The molecule has 6 rings (SSSR count). The molecule has 2 aliphatic rings. The maximum atomic E-state index is 12.0. The van der Waals surface area contributed by atoms with Crippen molar-refractivity contribution in [3.63, 3.8) is 0 Å². The van der Waals surface area contributed by atoms with Crippen molar-refractivity contribution in [1.82, 2.24) is 24.8 Å². The molecule has 3 aromatic heterocycles. The first-order chi connectivity index (χ1) is 19.5. The van der Waals surface area contributed by atoms with Crippen molar-refractivity contribution in [3.05, 3.63) is 54.4 Å². The van der Waals surface area contributed by atoms with Gasteiger partial charge in [0.2, 0.25) is 11.9 Å². The van der Waals surface area contributed by atoms with E-state index in [9.17, 15) is 4.79 Å². The number of pyridine rings is 2. The summed E-state index contributed by atoms with van der Waals surface area (Å²) in [6.07, 6.45) is 5.05. The first kappa shape index (κ1) is 25.8. The van der Waals surface area contributed by atoms with E-state index in [2.05, 4.69) is 15.2 Å². The van der Waals surface area contributed by atoms with Crippen LogP contribution in [0.2, 0.25) is 0 Å². The first-order valence-electron chi connectivity index (χ1n) is 13.5. The maximum Gasteiger partial charge on any atom is 0.228 e. The summed E-state index contributed by atoms with van der Waals surface area (Å²) in [4.78, 5) is 34.6. The maximum absolute atomic E-state index is 12.0. The Bertz CT molecular complexity index is 1520. The molecule has 2 aliphatic heterocycles. The second-order valence-electron chi connectivity index (χ2n) is 9.97. The number of anilines is 4. The molecule has 4 aromatic rings. The molecule has 40 heavy (non-hydrogen) atoms. The molecule has 0 bridgehead atoms. The van der Waals surface area contributed by atoms with Crippen LogP contribution in [0.1, 0.15) is 18.4 Å². The largest absolute Gasteiger partial charge is 0.491 e. The molecule has 3 N–H and O–H groups in total. The average Bonchev–Trinajstić information content (AvgIpc) is 3.39. The summed E-state index contributed by atoms with van der Waals surface area (Å²) in [6.45, 7) is 6.51. The van der Waals surface area contributed by atoms with Crippen LogP contribution in [0.5, 0.6) is 5.75 Å². The number of rotatable bonds is 8. The smallest absolute Gasteiger partial charge is 0.228 e. The first-order valence-corrected chi connectivity index (χ1v) is 13.5. The third kappa shape index (κ3) is 5.59. The predicted octanol–water partition coefficient (Wildman–Crippen LogP) is 3.56. The number of nitrogens with two attached hydrogens (primary N) is 1. The van der Waals surface area contributed by atoms with Gasteiger partial charge in [0.1, 0.15) is 24.0 Å². The molecule has 0 aliphatic carbocycles. The Balaban J connectivity index is 1.29. The fourth-order valence-corrected chi connectivity index (χ4v) is 4.99. The van der Waals surface area contributed by atoms with E-state index in [4.69, 9.17) is 30.2 Å². The monoisotopic (exact) mass is 540 g/mol. The number of nitrogen functional groups attached to an aromatic ring is 1. The molecule has 2 fully saturated rings. The molecule has 1 aromatic carbocycles. The zero-order chi connectivity index (χ0) is 27.5. The van der Waals surface area contributed by atoms with Crippen LogP contribution in [-0.4, -0.2) is 76.7 Å². The molecule has 11 heteroatoms. The Hall–Kier alpha value is -4.51. The minimum atomic E-state index is 0.195. The Kier molecular flexibility index (Phi) is 7.28. The lowest BCUT2D eigenvalue weighted by Gasteiger charge is -2.27. The highest BCUT2D eigenvalue weighted by Gasteiger charge is 2.20. The van der Waals surface area contributed by atoms with Gasteiger partial charge in [-0.1, -0.05) is 6.07 Å². The number of fused-ring (bicyclic) bond motifs is 1. The number of hydrogen-bond donors (Lipinski definition) is 2. The van der Waals surface area contributed by atoms with Crippen molar-refractivity contribution < 1.29 is 14.3 Å². The molecule has 0 radical (unpaired) electrons. The van der Waals surface area contributed by atoms with Crippen molar-refractivity contribution in [2.45, 2.75) is 19.8 Å². The predicted molar refractivity (Wildman–Crippen MR) is 154 cm³/mol. The summed E-state index contributed by atoms with van der Waals surface area (Å²) < 4.78 is 11.7. The van der Waals surface area contributed by atoms with Gasteiger partial charge in [-0.2, -0.15) is 4.98 Å². The van der Waals surface area contributed by atoms with E-state index in [0.29, 0.717) is 63.5 Å². The molecule has 0 spiro atoms. The molecule has 0 unspecified atom stereocenters. The van der Waals surface area contributed by atoms with E-state index >= 15 is 0 Å². The number of nitrogens with zero attached hydrogens (tertiary/aromatic N) is 6. The van der Waals surface area contributed by atoms with Gasteiger partial charge in [0.05, 0.1) is 42.9 Å². The van der Waals surface area contributed by atoms with Gasteiger partial charge in [0.25, 0.3) is 0 Å². The van der Waals surface area contributed by atoms with Gasteiger partial charge >= 0.3 is 0 Å². The fraction of sp³-hybridized carbons (Fsp3) is 0.345. The van der Waals surface area contributed by atoms with Crippen molar-refractivity contribution in [2.75, 3.05) is 62.0 Å². The van der Waals surface area contributed by atoms with Crippen LogP contribution < -0.4 is 20.7 Å². The van der Waals surface area contributed by atoms with Crippen molar-refractivity contribution in [1.29, 1.82) is 0 Å². The SMILES string of the molecule is Cc1ccc(OCCN2CCCC2=O)c2cc(Nc3cc(-c4ccc(N)nc4)nc(N4CCOCC4)n3)cnc12. The Morgan fingerprint density at radius 1 is 1.05 bits per heavy atom. The number of nitrogens with one attached hydrogen (secondary N) is 1. The number of amides is 1. The summed E-state index contributed by atoms with van der Waals surface area (Å²) in [7, 11) is 0. The van der Waals surface area contributed by atoms with Crippen LogP contribution in [0.3, 0.4) is 0 Å². The number of aromatic nitrogens is 4. The Morgan fingerprint density at radius 3 is 2.70 bits per heavy atom. The van der Waals surface area contributed by atoms with Gasteiger partial charge in [-0.25, -0.2) is 9.97 Å². The molecule has 0 atom stereocenters. The average molecular weight is 541 g/mol. The van der Waals surface area contributed by atoms with Crippen molar-refractivity contribution in [2.24, 2.45) is 0 Å². The van der Waals surface area contributed by atoms with E-state index in [0.717, 1.165) is 52.1 Å². The molecule has 11 nitrogen and oxygen atoms in total. The third-order valence-electron chi connectivity index (χ3n) is 7.16. The van der Waals surface area contributed by atoms with Crippen LogP contribution in [0, 0.1) is 6.92 Å². The second-order valence-corrected chi connectivity index (χ2v) is 9.97. The van der Waals surface area contributed by atoms with E-state index < -0.39 is 0 Å². The zero-order valence-electron chi connectivity index (χ0n) is 22.5.